The summed E-state index contributed by atoms with van der Waals surface area (Å²) in [5, 5.41) is 0. The number of nitrogens with one attached hydrogen (secondary N) is 1. The Morgan fingerprint density at radius 1 is 1.00 bits per heavy atom. The van der Waals surface area contributed by atoms with Gasteiger partial charge in [-0.15, -0.1) is 12.4 Å². The van der Waals surface area contributed by atoms with Crippen molar-refractivity contribution in [2.24, 2.45) is 0 Å². The number of benzene rings is 2. The number of hydrogen-bond acceptors (Lipinski definition) is 5. The van der Waals surface area contributed by atoms with Gasteiger partial charge in [-0.2, -0.15) is 0 Å². The summed E-state index contributed by atoms with van der Waals surface area (Å²) in [5.41, 5.74) is 7.29. The van der Waals surface area contributed by atoms with Crippen LogP contribution in [0, 0.1) is 0 Å². The molecule has 0 aliphatic carbocycles. The van der Waals surface area contributed by atoms with E-state index >= 15 is 0 Å². The molecule has 0 saturated carbocycles. The van der Waals surface area contributed by atoms with Crippen molar-refractivity contribution in [1.29, 1.82) is 0 Å². The van der Waals surface area contributed by atoms with Crippen LogP contribution in [0.5, 0.6) is 11.5 Å². The van der Waals surface area contributed by atoms with Crippen LogP contribution in [-0.2, 0) is 16.4 Å². The minimum atomic E-state index is -3.75. The first kappa shape index (κ1) is 20.1. The molecule has 6 nitrogen and oxygen atoms in total. The van der Waals surface area contributed by atoms with E-state index in [2.05, 4.69) is 4.72 Å². The van der Waals surface area contributed by atoms with E-state index in [0.717, 1.165) is 5.56 Å². The number of hydrogen-bond donors (Lipinski definition) is 2. The lowest BCUT2D eigenvalue weighted by Gasteiger charge is -2.14. The van der Waals surface area contributed by atoms with Crippen LogP contribution in [0.25, 0.3) is 0 Å². The minimum Gasteiger partial charge on any atom is -0.495 e. The average Bonchev–Trinajstić information content (AvgIpc) is 2.55. The molecule has 0 radical (unpaired) electrons. The first-order valence-electron chi connectivity index (χ1n) is 7.03. The van der Waals surface area contributed by atoms with Crippen LogP contribution in [0.1, 0.15) is 5.56 Å². The average molecular weight is 373 g/mol. The molecule has 3 N–H and O–H groups in total. The van der Waals surface area contributed by atoms with Crippen LogP contribution >= 0.6 is 12.4 Å². The highest BCUT2D eigenvalue weighted by atomic mass is 35.5. The van der Waals surface area contributed by atoms with E-state index in [1.54, 1.807) is 30.3 Å². The second-order valence-corrected chi connectivity index (χ2v) is 6.58. The van der Waals surface area contributed by atoms with Gasteiger partial charge in [-0.3, -0.25) is 0 Å². The van der Waals surface area contributed by atoms with Crippen LogP contribution in [0.3, 0.4) is 0 Å². The molecule has 2 rings (SSSR count). The molecular formula is C16H21ClN2O4S. The Kier molecular flexibility index (Phi) is 7.34. The van der Waals surface area contributed by atoms with Crippen LogP contribution < -0.4 is 19.9 Å². The summed E-state index contributed by atoms with van der Waals surface area (Å²) >= 11 is 0. The molecule has 24 heavy (non-hydrogen) atoms. The second-order valence-electron chi connectivity index (χ2n) is 4.88. The molecular weight excluding hydrogens is 352 g/mol. The fourth-order valence-electron chi connectivity index (χ4n) is 2.17. The van der Waals surface area contributed by atoms with Crippen molar-refractivity contribution in [2.75, 3.05) is 26.5 Å². The summed E-state index contributed by atoms with van der Waals surface area (Å²) in [6.07, 6.45) is 0.553. The van der Waals surface area contributed by atoms with Crippen molar-refractivity contribution >= 4 is 28.1 Å². The smallest absolute Gasteiger partial charge is 0.247 e. The summed E-state index contributed by atoms with van der Waals surface area (Å²) < 4.78 is 37.9. The van der Waals surface area contributed by atoms with Gasteiger partial charge in [0.2, 0.25) is 10.0 Å². The molecule has 0 heterocycles. The Morgan fingerprint density at radius 3 is 2.04 bits per heavy atom. The third kappa shape index (κ3) is 4.77. The molecule has 0 bridgehead atoms. The molecule has 2 aromatic rings. The summed E-state index contributed by atoms with van der Waals surface area (Å²) in [7, 11) is -0.911. The molecule has 0 aliphatic rings. The van der Waals surface area contributed by atoms with E-state index < -0.39 is 10.0 Å². The molecule has 8 heteroatoms. The molecule has 132 valence electrons. The van der Waals surface area contributed by atoms with Crippen molar-refractivity contribution < 1.29 is 17.9 Å². The van der Waals surface area contributed by atoms with E-state index in [-0.39, 0.29) is 35.3 Å². The Labute approximate surface area is 148 Å². The highest BCUT2D eigenvalue weighted by Crippen LogP contribution is 2.32. The minimum absolute atomic E-state index is 0. The number of sulfonamides is 1. The third-order valence-corrected chi connectivity index (χ3v) is 4.86. The van der Waals surface area contributed by atoms with Crippen molar-refractivity contribution in [3.05, 3.63) is 48.0 Å². The molecule has 0 unspecified atom stereocenters. The molecule has 0 spiro atoms. The molecule has 0 aliphatic heterocycles. The maximum Gasteiger partial charge on any atom is 0.247 e. The Bertz CT molecular complexity index is 742. The number of ether oxygens (including phenoxy) is 2. The molecule has 0 saturated heterocycles. The van der Waals surface area contributed by atoms with Crippen LogP contribution in [0.2, 0.25) is 0 Å². The van der Waals surface area contributed by atoms with Crippen LogP contribution in [0.4, 0.5) is 5.69 Å². The number of nitrogens with two attached hydrogens (primary N) is 1. The lowest BCUT2D eigenvalue weighted by atomic mass is 10.1. The first-order valence-corrected chi connectivity index (χ1v) is 8.51. The maximum atomic E-state index is 12.5. The lowest BCUT2D eigenvalue weighted by Crippen LogP contribution is -2.26. The predicted molar refractivity (Wildman–Crippen MR) is 96.5 cm³/mol. The fraction of sp³-hybridized carbons (Fsp3) is 0.250. The lowest BCUT2D eigenvalue weighted by molar-refractivity contribution is 0.373. The van der Waals surface area contributed by atoms with Gasteiger partial charge < -0.3 is 15.2 Å². The van der Waals surface area contributed by atoms with E-state index in [1.165, 1.54) is 14.2 Å². The van der Waals surface area contributed by atoms with E-state index in [1.807, 2.05) is 12.1 Å². The SMILES string of the molecule is COc1cccc(OC)c1S(=O)(=O)NCCc1ccc(N)cc1.Cl. The van der Waals surface area contributed by atoms with E-state index in [0.29, 0.717) is 12.1 Å². The fourth-order valence-corrected chi connectivity index (χ4v) is 3.52. The van der Waals surface area contributed by atoms with Gasteiger partial charge in [0.1, 0.15) is 11.5 Å². The summed E-state index contributed by atoms with van der Waals surface area (Å²) in [5.74, 6) is 0.480. The topological polar surface area (TPSA) is 90.6 Å². The Balaban J connectivity index is 0.00000288. The zero-order valence-electron chi connectivity index (χ0n) is 13.5. The van der Waals surface area contributed by atoms with Crippen molar-refractivity contribution in [3.63, 3.8) is 0 Å². The second kappa shape index (κ2) is 8.77. The molecule has 0 aromatic heterocycles. The third-order valence-electron chi connectivity index (χ3n) is 3.34. The first-order chi connectivity index (χ1) is 11.0. The van der Waals surface area contributed by atoms with Gasteiger partial charge in [-0.1, -0.05) is 18.2 Å². The van der Waals surface area contributed by atoms with Gasteiger partial charge in [0.25, 0.3) is 0 Å². The van der Waals surface area contributed by atoms with Crippen LogP contribution in [0.15, 0.2) is 47.4 Å². The standard InChI is InChI=1S/C16H20N2O4S.ClH/c1-21-14-4-3-5-15(22-2)16(14)23(19,20)18-11-10-12-6-8-13(17)9-7-12;/h3-9,18H,10-11,17H2,1-2H3;1H. The number of methoxy groups -OCH3 is 2. The monoisotopic (exact) mass is 372 g/mol. The zero-order chi connectivity index (χ0) is 16.9. The molecule has 2 aromatic carbocycles. The zero-order valence-corrected chi connectivity index (χ0v) is 15.1. The normalized spacial score (nSPS) is 10.8. The predicted octanol–water partition coefficient (Wildman–Crippen LogP) is 2.23. The largest absolute Gasteiger partial charge is 0.495 e. The summed E-state index contributed by atoms with van der Waals surface area (Å²) in [6, 6.07) is 12.1. The Hall–Kier alpha value is -1.96. The van der Waals surface area contributed by atoms with Crippen LogP contribution in [-0.4, -0.2) is 29.2 Å². The molecule has 0 fully saturated rings. The summed E-state index contributed by atoms with van der Waals surface area (Å²) in [6.45, 7) is 0.257. The summed E-state index contributed by atoms with van der Waals surface area (Å²) in [4.78, 5) is 0.00214. The van der Waals surface area contributed by atoms with Gasteiger partial charge in [0.15, 0.2) is 4.90 Å². The highest BCUT2D eigenvalue weighted by molar-refractivity contribution is 7.89. The highest BCUT2D eigenvalue weighted by Gasteiger charge is 2.24. The van der Waals surface area contributed by atoms with Gasteiger partial charge in [-0.05, 0) is 36.2 Å². The number of nitrogen functional groups attached to an aromatic ring is 1. The van der Waals surface area contributed by atoms with E-state index in [9.17, 15) is 8.42 Å². The number of rotatable bonds is 7. The number of anilines is 1. The molecule has 0 amide bonds. The Morgan fingerprint density at radius 2 is 1.54 bits per heavy atom. The van der Waals surface area contributed by atoms with Gasteiger partial charge in [0, 0.05) is 12.2 Å². The van der Waals surface area contributed by atoms with Crippen molar-refractivity contribution in [2.45, 2.75) is 11.3 Å². The van der Waals surface area contributed by atoms with Gasteiger partial charge >= 0.3 is 0 Å². The quantitative estimate of drug-likeness (QED) is 0.727. The number of halogens is 1. The van der Waals surface area contributed by atoms with Gasteiger partial charge in [-0.25, -0.2) is 13.1 Å². The maximum absolute atomic E-state index is 12.5. The van der Waals surface area contributed by atoms with Crippen molar-refractivity contribution in [1.82, 2.24) is 4.72 Å². The van der Waals surface area contributed by atoms with Crippen molar-refractivity contribution in [3.8, 4) is 11.5 Å². The molecule has 0 atom stereocenters. The van der Waals surface area contributed by atoms with E-state index in [4.69, 9.17) is 15.2 Å². The van der Waals surface area contributed by atoms with Gasteiger partial charge in [0.05, 0.1) is 14.2 Å².